The zero-order valence-electron chi connectivity index (χ0n) is 19.4. The molecule has 5 heterocycles. The molecule has 1 N–H and O–H groups in total. The summed E-state index contributed by atoms with van der Waals surface area (Å²) in [6.07, 6.45) is 4.76. The van der Waals surface area contributed by atoms with Crippen molar-refractivity contribution in [2.24, 2.45) is 0 Å². The van der Waals surface area contributed by atoms with Crippen LogP contribution < -0.4 is 15.0 Å². The second-order valence-corrected chi connectivity index (χ2v) is 9.57. The molecule has 0 saturated carbocycles. The number of hydrogen-bond donors (Lipinski definition) is 1. The summed E-state index contributed by atoms with van der Waals surface area (Å²) in [5, 5.41) is 3.61. The SMILES string of the molecule is COc1cnc(Cl)cc1-c1cc(C)ncc1C(=O)Nc1nc2cnc(N3CCN(C)CC3)nc2s1. The maximum atomic E-state index is 13.3. The standard InChI is InChI=1S/C23H23ClN8O2S/c1-13-8-14(15-9-19(24)26-12-18(15)34-3)16(10-25-13)20(33)29-23-28-17-11-27-22(30-21(17)35-23)32-6-4-31(2)5-7-32/h8-12H,4-7H2,1-3H3,(H,28,29,33). The highest BCUT2D eigenvalue weighted by Crippen LogP contribution is 2.34. The fourth-order valence-electron chi connectivity index (χ4n) is 3.86. The highest BCUT2D eigenvalue weighted by atomic mass is 35.5. The minimum atomic E-state index is -0.353. The van der Waals surface area contributed by atoms with E-state index in [0.717, 1.165) is 31.9 Å². The number of methoxy groups -OCH3 is 1. The predicted octanol–water partition coefficient (Wildman–Crippen LogP) is 3.52. The van der Waals surface area contributed by atoms with Gasteiger partial charge in [-0.25, -0.2) is 15.0 Å². The van der Waals surface area contributed by atoms with Crippen LogP contribution in [0.4, 0.5) is 11.1 Å². The van der Waals surface area contributed by atoms with Gasteiger partial charge < -0.3 is 14.5 Å². The molecule has 1 amide bonds. The summed E-state index contributed by atoms with van der Waals surface area (Å²) in [7, 11) is 3.65. The first-order valence-corrected chi connectivity index (χ1v) is 12.2. The molecule has 0 aliphatic carbocycles. The Bertz CT molecular complexity index is 1400. The number of amides is 1. The number of thiazole rings is 1. The van der Waals surface area contributed by atoms with Gasteiger partial charge >= 0.3 is 0 Å². The summed E-state index contributed by atoms with van der Waals surface area (Å²) in [6, 6.07) is 3.48. The first kappa shape index (κ1) is 23.3. The van der Waals surface area contributed by atoms with Crippen molar-refractivity contribution < 1.29 is 9.53 Å². The normalized spacial score (nSPS) is 14.3. The Balaban J connectivity index is 1.43. The van der Waals surface area contributed by atoms with Crippen LogP contribution in [-0.4, -0.2) is 76.1 Å². The minimum absolute atomic E-state index is 0.294. The van der Waals surface area contributed by atoms with Crippen LogP contribution in [0.25, 0.3) is 21.5 Å². The van der Waals surface area contributed by atoms with E-state index in [1.165, 1.54) is 23.7 Å². The first-order chi connectivity index (χ1) is 16.9. The number of carbonyl (C=O) groups is 1. The molecule has 4 aromatic rings. The van der Waals surface area contributed by atoms with Crippen LogP contribution in [0.5, 0.6) is 5.75 Å². The van der Waals surface area contributed by atoms with E-state index in [0.29, 0.717) is 49.0 Å². The molecule has 1 aliphatic heterocycles. The lowest BCUT2D eigenvalue weighted by Gasteiger charge is -2.32. The molecule has 10 nitrogen and oxygen atoms in total. The van der Waals surface area contributed by atoms with E-state index < -0.39 is 0 Å². The van der Waals surface area contributed by atoms with Crippen molar-refractivity contribution in [3.05, 3.63) is 47.1 Å². The smallest absolute Gasteiger partial charge is 0.259 e. The van der Waals surface area contributed by atoms with Crippen LogP contribution in [-0.2, 0) is 0 Å². The van der Waals surface area contributed by atoms with Gasteiger partial charge in [0.15, 0.2) is 9.96 Å². The van der Waals surface area contributed by atoms with Crippen LogP contribution in [0.2, 0.25) is 5.15 Å². The monoisotopic (exact) mass is 510 g/mol. The maximum Gasteiger partial charge on any atom is 0.259 e. The molecule has 1 saturated heterocycles. The van der Waals surface area contributed by atoms with E-state index in [1.54, 1.807) is 19.4 Å². The minimum Gasteiger partial charge on any atom is -0.494 e. The number of likely N-dealkylation sites (N-methyl/N-ethyl adjacent to an activating group) is 1. The third-order valence-electron chi connectivity index (χ3n) is 5.77. The molecular formula is C23H23ClN8O2S. The molecule has 1 aliphatic rings. The Morgan fingerprint density at radius 3 is 2.63 bits per heavy atom. The first-order valence-electron chi connectivity index (χ1n) is 11.0. The number of aryl methyl sites for hydroxylation is 1. The Kier molecular flexibility index (Phi) is 6.46. The summed E-state index contributed by atoms with van der Waals surface area (Å²) >= 11 is 7.44. The van der Waals surface area contributed by atoms with Gasteiger partial charge in [-0.2, -0.15) is 4.98 Å². The van der Waals surface area contributed by atoms with Gasteiger partial charge in [0.1, 0.15) is 16.4 Å². The zero-order valence-corrected chi connectivity index (χ0v) is 21.0. The van der Waals surface area contributed by atoms with Crippen LogP contribution in [0, 0.1) is 6.92 Å². The number of pyridine rings is 2. The van der Waals surface area contributed by atoms with Crippen LogP contribution in [0.1, 0.15) is 16.1 Å². The Morgan fingerprint density at radius 2 is 1.86 bits per heavy atom. The number of ether oxygens (including phenoxy) is 1. The van der Waals surface area contributed by atoms with Gasteiger partial charge in [-0.15, -0.1) is 0 Å². The zero-order chi connectivity index (χ0) is 24.5. The van der Waals surface area contributed by atoms with Crippen molar-refractivity contribution in [1.82, 2.24) is 29.8 Å². The molecule has 0 unspecified atom stereocenters. The third kappa shape index (κ3) is 4.88. The number of nitrogens with one attached hydrogen (secondary N) is 1. The molecule has 35 heavy (non-hydrogen) atoms. The summed E-state index contributed by atoms with van der Waals surface area (Å²) in [4.78, 5) is 40.5. The number of fused-ring (bicyclic) bond motifs is 1. The van der Waals surface area contributed by atoms with Gasteiger partial charge in [-0.3, -0.25) is 15.1 Å². The lowest BCUT2D eigenvalue weighted by Crippen LogP contribution is -2.45. The van der Waals surface area contributed by atoms with Gasteiger partial charge in [-0.1, -0.05) is 22.9 Å². The van der Waals surface area contributed by atoms with Gasteiger partial charge in [0.2, 0.25) is 5.95 Å². The number of halogens is 1. The van der Waals surface area contributed by atoms with Crippen molar-refractivity contribution in [2.45, 2.75) is 6.92 Å². The number of piperazine rings is 1. The fourth-order valence-corrected chi connectivity index (χ4v) is 4.82. The maximum absolute atomic E-state index is 13.3. The Hall–Kier alpha value is -3.41. The quantitative estimate of drug-likeness (QED) is 0.403. The van der Waals surface area contributed by atoms with Crippen LogP contribution in [0.3, 0.4) is 0 Å². The molecule has 0 radical (unpaired) electrons. The van der Waals surface area contributed by atoms with Crippen LogP contribution in [0.15, 0.2) is 30.7 Å². The summed E-state index contributed by atoms with van der Waals surface area (Å²) in [5.41, 5.74) is 3.02. The summed E-state index contributed by atoms with van der Waals surface area (Å²) in [5.74, 6) is 0.827. The molecule has 1 fully saturated rings. The van der Waals surface area contributed by atoms with Crippen molar-refractivity contribution in [1.29, 1.82) is 0 Å². The van der Waals surface area contributed by atoms with Gasteiger partial charge in [0, 0.05) is 49.2 Å². The molecule has 0 aromatic carbocycles. The largest absolute Gasteiger partial charge is 0.494 e. The lowest BCUT2D eigenvalue weighted by molar-refractivity contribution is 0.102. The highest BCUT2D eigenvalue weighted by Gasteiger charge is 2.21. The second-order valence-electron chi connectivity index (χ2n) is 8.20. The molecule has 0 bridgehead atoms. The number of anilines is 2. The molecular weight excluding hydrogens is 488 g/mol. The van der Waals surface area contributed by atoms with E-state index in [2.05, 4.69) is 47.1 Å². The molecule has 4 aromatic heterocycles. The fraction of sp³-hybridized carbons (Fsp3) is 0.304. The van der Waals surface area contributed by atoms with E-state index >= 15 is 0 Å². The number of aromatic nitrogens is 5. The molecule has 180 valence electrons. The second kappa shape index (κ2) is 9.68. The Morgan fingerprint density at radius 1 is 1.06 bits per heavy atom. The van der Waals surface area contributed by atoms with E-state index in [4.69, 9.17) is 16.3 Å². The summed E-state index contributed by atoms with van der Waals surface area (Å²) < 4.78 is 5.45. The average molecular weight is 511 g/mol. The van der Waals surface area contributed by atoms with Crippen molar-refractivity contribution >= 4 is 50.3 Å². The van der Waals surface area contributed by atoms with E-state index in [1.807, 2.05) is 13.0 Å². The van der Waals surface area contributed by atoms with E-state index in [9.17, 15) is 4.79 Å². The van der Waals surface area contributed by atoms with E-state index in [-0.39, 0.29) is 5.91 Å². The molecule has 0 atom stereocenters. The molecule has 5 rings (SSSR count). The number of nitrogens with zero attached hydrogens (tertiary/aromatic N) is 7. The van der Waals surface area contributed by atoms with Gasteiger partial charge in [-0.05, 0) is 26.1 Å². The number of hydrogen-bond acceptors (Lipinski definition) is 10. The number of carbonyl (C=O) groups excluding carboxylic acids is 1. The predicted molar refractivity (Wildman–Crippen MR) is 137 cm³/mol. The lowest BCUT2D eigenvalue weighted by atomic mass is 10.0. The average Bonchev–Trinajstić information content (AvgIpc) is 3.25. The number of rotatable bonds is 5. The molecule has 12 heteroatoms. The van der Waals surface area contributed by atoms with Gasteiger partial charge in [0.05, 0.1) is 25.1 Å². The van der Waals surface area contributed by atoms with Crippen molar-refractivity contribution in [2.75, 3.05) is 50.6 Å². The Labute approximate surface area is 211 Å². The van der Waals surface area contributed by atoms with Crippen molar-refractivity contribution in [3.63, 3.8) is 0 Å². The topological polar surface area (TPSA) is 109 Å². The third-order valence-corrected chi connectivity index (χ3v) is 6.86. The van der Waals surface area contributed by atoms with Gasteiger partial charge in [0.25, 0.3) is 5.91 Å². The summed E-state index contributed by atoms with van der Waals surface area (Å²) in [6.45, 7) is 5.52. The van der Waals surface area contributed by atoms with Crippen molar-refractivity contribution in [3.8, 4) is 16.9 Å². The highest BCUT2D eigenvalue weighted by molar-refractivity contribution is 7.22. The van der Waals surface area contributed by atoms with Crippen LogP contribution >= 0.6 is 22.9 Å². The molecule has 0 spiro atoms.